The number of hydrogen-bond acceptors (Lipinski definition) is 5. The Kier molecular flexibility index (Phi) is 7.47. The van der Waals surface area contributed by atoms with E-state index >= 15 is 0 Å². The molecule has 0 spiro atoms. The molecule has 4 N–H and O–H groups in total. The molecule has 34 heavy (non-hydrogen) atoms. The minimum Gasteiger partial charge on any atom is -0.479 e. The van der Waals surface area contributed by atoms with E-state index in [9.17, 15) is 19.5 Å². The predicted molar refractivity (Wildman–Crippen MR) is 125 cm³/mol. The van der Waals surface area contributed by atoms with Gasteiger partial charge in [-0.1, -0.05) is 48.5 Å². The van der Waals surface area contributed by atoms with Crippen molar-refractivity contribution >= 4 is 18.0 Å². The Morgan fingerprint density at radius 2 is 1.56 bits per heavy atom. The van der Waals surface area contributed by atoms with Crippen LogP contribution in [0, 0.1) is 11.8 Å². The number of rotatable bonds is 9. The molecule has 0 saturated heterocycles. The SMILES string of the molecule is O=C(CC1CCC(CNC(=O)OCC2c3ccccc3-c3ccccc32)C1)NC[C@H](O)C(=O)O. The number of amides is 2. The second-order valence-electron chi connectivity index (χ2n) is 9.11. The third kappa shape index (κ3) is 5.56. The van der Waals surface area contributed by atoms with Crippen molar-refractivity contribution in [1.29, 1.82) is 0 Å². The third-order valence-corrected chi connectivity index (χ3v) is 6.78. The lowest BCUT2D eigenvalue weighted by Gasteiger charge is -2.16. The molecule has 180 valence electrons. The first-order valence-electron chi connectivity index (χ1n) is 11.7. The van der Waals surface area contributed by atoms with Gasteiger partial charge in [-0.25, -0.2) is 9.59 Å². The fraction of sp³-hybridized carbons (Fsp3) is 0.423. The Balaban J connectivity index is 1.19. The average Bonchev–Trinajstić information content (AvgIpc) is 3.41. The second-order valence-corrected chi connectivity index (χ2v) is 9.11. The molecule has 2 aromatic rings. The number of aliphatic hydroxyl groups excluding tert-OH is 1. The summed E-state index contributed by atoms with van der Waals surface area (Å²) in [5.74, 6) is -1.16. The highest BCUT2D eigenvalue weighted by Gasteiger charge is 2.30. The molecule has 0 bridgehead atoms. The predicted octanol–water partition coefficient (Wildman–Crippen LogP) is 2.89. The second kappa shape index (κ2) is 10.7. The highest BCUT2D eigenvalue weighted by molar-refractivity contribution is 5.79. The third-order valence-electron chi connectivity index (χ3n) is 6.78. The molecule has 1 saturated carbocycles. The summed E-state index contributed by atoms with van der Waals surface area (Å²) in [6, 6.07) is 16.4. The van der Waals surface area contributed by atoms with Crippen molar-refractivity contribution in [2.24, 2.45) is 11.8 Å². The summed E-state index contributed by atoms with van der Waals surface area (Å²) in [5, 5.41) is 23.2. The van der Waals surface area contributed by atoms with Crippen molar-refractivity contribution in [3.8, 4) is 11.1 Å². The zero-order valence-corrected chi connectivity index (χ0v) is 18.9. The molecule has 0 aromatic heterocycles. The van der Waals surface area contributed by atoms with Crippen LogP contribution >= 0.6 is 0 Å². The number of benzene rings is 2. The number of nitrogens with one attached hydrogen (secondary N) is 2. The largest absolute Gasteiger partial charge is 0.479 e. The minimum atomic E-state index is -1.60. The van der Waals surface area contributed by atoms with Gasteiger partial charge in [-0.3, -0.25) is 4.79 Å². The molecule has 2 aliphatic rings. The number of carbonyl (C=O) groups is 3. The summed E-state index contributed by atoms with van der Waals surface area (Å²) in [6.45, 7) is 0.468. The molecular formula is C26H30N2O6. The smallest absolute Gasteiger partial charge is 0.407 e. The number of alkyl carbamates (subject to hydrolysis) is 1. The van der Waals surface area contributed by atoms with E-state index < -0.39 is 18.2 Å². The van der Waals surface area contributed by atoms with Gasteiger partial charge in [0.2, 0.25) is 5.91 Å². The van der Waals surface area contributed by atoms with Crippen molar-refractivity contribution in [2.45, 2.75) is 37.7 Å². The molecule has 2 aliphatic carbocycles. The van der Waals surface area contributed by atoms with Gasteiger partial charge >= 0.3 is 12.1 Å². The van der Waals surface area contributed by atoms with Crippen LogP contribution in [0.2, 0.25) is 0 Å². The van der Waals surface area contributed by atoms with Crippen LogP contribution in [0.25, 0.3) is 11.1 Å². The zero-order chi connectivity index (χ0) is 24.1. The summed E-state index contributed by atoms with van der Waals surface area (Å²) in [5.41, 5.74) is 4.71. The van der Waals surface area contributed by atoms with Crippen molar-refractivity contribution in [2.75, 3.05) is 19.7 Å². The van der Waals surface area contributed by atoms with Crippen LogP contribution in [0.4, 0.5) is 4.79 Å². The van der Waals surface area contributed by atoms with E-state index in [-0.39, 0.29) is 43.2 Å². The van der Waals surface area contributed by atoms with Gasteiger partial charge in [0.05, 0.1) is 6.54 Å². The number of aliphatic hydroxyl groups is 1. The molecule has 8 nitrogen and oxygen atoms in total. The van der Waals surface area contributed by atoms with Gasteiger partial charge in [0, 0.05) is 18.9 Å². The van der Waals surface area contributed by atoms with Gasteiger partial charge in [0.25, 0.3) is 0 Å². The Labute approximate surface area is 198 Å². The molecule has 2 amide bonds. The molecular weight excluding hydrogens is 436 g/mol. The highest BCUT2D eigenvalue weighted by Crippen LogP contribution is 2.44. The Morgan fingerprint density at radius 1 is 0.941 bits per heavy atom. The number of fused-ring (bicyclic) bond motifs is 3. The van der Waals surface area contributed by atoms with Crippen LogP contribution in [0.5, 0.6) is 0 Å². The van der Waals surface area contributed by atoms with E-state index in [0.29, 0.717) is 6.54 Å². The van der Waals surface area contributed by atoms with Crippen LogP contribution in [0.15, 0.2) is 48.5 Å². The standard InChI is InChI=1S/C26H30N2O6/c29-23(25(31)32)14-27-24(30)12-16-9-10-17(11-16)13-28-26(33)34-15-22-20-7-3-1-5-18(20)19-6-2-4-8-21(19)22/h1-8,16-17,22-23,29H,9-15H2,(H,27,30)(H,28,33)(H,31,32)/t16?,17?,23-/m0/s1. The summed E-state index contributed by atoms with van der Waals surface area (Å²) in [7, 11) is 0. The van der Waals surface area contributed by atoms with E-state index in [2.05, 4.69) is 34.9 Å². The molecule has 0 heterocycles. The van der Waals surface area contributed by atoms with Crippen LogP contribution in [0.3, 0.4) is 0 Å². The quantitative estimate of drug-likeness (QED) is 0.450. The maximum atomic E-state index is 12.4. The van der Waals surface area contributed by atoms with Gasteiger partial charge in [0.15, 0.2) is 6.10 Å². The van der Waals surface area contributed by atoms with E-state index in [4.69, 9.17) is 9.84 Å². The molecule has 3 atom stereocenters. The summed E-state index contributed by atoms with van der Waals surface area (Å²) in [4.78, 5) is 35.0. The fourth-order valence-corrected chi connectivity index (χ4v) is 5.06. The van der Waals surface area contributed by atoms with Crippen molar-refractivity contribution in [1.82, 2.24) is 10.6 Å². The normalized spacial score (nSPS) is 19.7. The van der Waals surface area contributed by atoms with E-state index in [1.807, 2.05) is 24.3 Å². The Bertz CT molecular complexity index is 1010. The summed E-state index contributed by atoms with van der Waals surface area (Å²) in [6.07, 6.45) is 0.824. The van der Waals surface area contributed by atoms with E-state index in [1.165, 1.54) is 22.3 Å². The van der Waals surface area contributed by atoms with Crippen LogP contribution in [-0.2, 0) is 14.3 Å². The van der Waals surface area contributed by atoms with Gasteiger partial charge in [0.1, 0.15) is 6.61 Å². The monoisotopic (exact) mass is 466 g/mol. The topological polar surface area (TPSA) is 125 Å². The first-order valence-corrected chi connectivity index (χ1v) is 11.7. The minimum absolute atomic E-state index is 0.0205. The molecule has 1 fully saturated rings. The number of ether oxygens (including phenoxy) is 1. The molecule has 4 rings (SSSR count). The lowest BCUT2D eigenvalue weighted by molar-refractivity contribution is -0.146. The lowest BCUT2D eigenvalue weighted by atomic mass is 9.98. The number of carboxylic acids is 1. The van der Waals surface area contributed by atoms with Gasteiger partial charge < -0.3 is 25.6 Å². The summed E-state index contributed by atoms with van der Waals surface area (Å²) < 4.78 is 5.58. The highest BCUT2D eigenvalue weighted by atomic mass is 16.5. The lowest BCUT2D eigenvalue weighted by Crippen LogP contribution is -2.37. The van der Waals surface area contributed by atoms with Gasteiger partial charge in [-0.05, 0) is 53.4 Å². The Morgan fingerprint density at radius 3 is 2.21 bits per heavy atom. The van der Waals surface area contributed by atoms with Crippen molar-refractivity contribution in [3.63, 3.8) is 0 Å². The van der Waals surface area contributed by atoms with E-state index in [1.54, 1.807) is 0 Å². The number of carbonyl (C=O) groups excluding carboxylic acids is 2. The van der Waals surface area contributed by atoms with Crippen LogP contribution in [-0.4, -0.2) is 54.0 Å². The molecule has 8 heteroatoms. The van der Waals surface area contributed by atoms with Crippen LogP contribution in [0.1, 0.15) is 42.7 Å². The number of carboxylic acid groups (broad SMARTS) is 1. The number of hydrogen-bond donors (Lipinski definition) is 4. The summed E-state index contributed by atoms with van der Waals surface area (Å²) >= 11 is 0. The fourth-order valence-electron chi connectivity index (χ4n) is 5.06. The first-order chi connectivity index (χ1) is 16.4. The molecule has 2 unspecified atom stereocenters. The molecule has 0 radical (unpaired) electrons. The van der Waals surface area contributed by atoms with Gasteiger partial charge in [-0.15, -0.1) is 0 Å². The maximum Gasteiger partial charge on any atom is 0.407 e. The van der Waals surface area contributed by atoms with Crippen LogP contribution < -0.4 is 10.6 Å². The average molecular weight is 467 g/mol. The van der Waals surface area contributed by atoms with Crippen molar-refractivity contribution in [3.05, 3.63) is 59.7 Å². The molecule has 2 aromatic carbocycles. The van der Waals surface area contributed by atoms with E-state index in [0.717, 1.165) is 19.3 Å². The Hall–Kier alpha value is -3.39. The maximum absolute atomic E-state index is 12.4. The number of aliphatic carboxylic acids is 1. The van der Waals surface area contributed by atoms with Gasteiger partial charge in [-0.2, -0.15) is 0 Å². The van der Waals surface area contributed by atoms with Crippen molar-refractivity contribution < 1.29 is 29.3 Å². The first kappa shape index (κ1) is 23.8. The molecule has 0 aliphatic heterocycles. The zero-order valence-electron chi connectivity index (χ0n) is 18.9.